The van der Waals surface area contributed by atoms with E-state index in [4.69, 9.17) is 9.47 Å². The van der Waals surface area contributed by atoms with Gasteiger partial charge in [-0.15, -0.1) is 0 Å². The number of piperidine rings is 1. The van der Waals surface area contributed by atoms with Crippen molar-refractivity contribution in [3.05, 3.63) is 23.3 Å². The first-order valence-electron chi connectivity index (χ1n) is 11.5. The van der Waals surface area contributed by atoms with E-state index in [1.807, 2.05) is 0 Å². The van der Waals surface area contributed by atoms with Gasteiger partial charge in [-0.1, -0.05) is 6.07 Å². The SMILES string of the molecule is O=C1CC[C@@]2(OCC3CC3)[C@H]3Cc4ccc(O)c5c4[C@@]2(CCN3CC2CC2)[C@H]1O5. The number of hydrogen-bond donors (Lipinski definition) is 1. The van der Waals surface area contributed by atoms with E-state index >= 15 is 0 Å². The number of phenolic OH excluding ortho intramolecular Hbond substituents is 1. The lowest BCUT2D eigenvalue weighted by molar-refractivity contribution is -0.215. The van der Waals surface area contributed by atoms with Crippen LogP contribution in [0, 0.1) is 11.8 Å². The maximum Gasteiger partial charge on any atom is 0.174 e. The summed E-state index contributed by atoms with van der Waals surface area (Å²) in [6, 6.07) is 4.13. The van der Waals surface area contributed by atoms with E-state index in [0.29, 0.717) is 24.1 Å². The van der Waals surface area contributed by atoms with Gasteiger partial charge in [0, 0.05) is 24.6 Å². The van der Waals surface area contributed by atoms with Gasteiger partial charge in [-0.3, -0.25) is 9.69 Å². The average Bonchev–Trinajstić information content (AvgIpc) is 3.63. The highest BCUT2D eigenvalue weighted by Crippen LogP contribution is 2.66. The Hall–Kier alpha value is -1.59. The number of hydrogen-bond acceptors (Lipinski definition) is 5. The predicted octanol–water partition coefficient (Wildman–Crippen LogP) is 2.96. The highest BCUT2D eigenvalue weighted by atomic mass is 16.5. The van der Waals surface area contributed by atoms with Crippen LogP contribution in [0.4, 0.5) is 0 Å². The summed E-state index contributed by atoms with van der Waals surface area (Å²) < 4.78 is 13.3. The fourth-order valence-electron chi connectivity index (χ4n) is 7.08. The summed E-state index contributed by atoms with van der Waals surface area (Å²) in [6.45, 7) is 2.96. The number of likely N-dealkylation sites (tertiary alicyclic amines) is 1. The second-order valence-corrected chi connectivity index (χ2v) is 10.4. The average molecular weight is 395 g/mol. The van der Waals surface area contributed by atoms with Crippen LogP contribution in [0.5, 0.6) is 11.5 Å². The van der Waals surface area contributed by atoms with Gasteiger partial charge in [0.25, 0.3) is 0 Å². The summed E-state index contributed by atoms with van der Waals surface area (Å²) in [5.74, 6) is 2.45. The van der Waals surface area contributed by atoms with E-state index in [-0.39, 0.29) is 17.1 Å². The van der Waals surface area contributed by atoms with Crippen molar-refractivity contribution in [2.24, 2.45) is 11.8 Å². The fourth-order valence-corrected chi connectivity index (χ4v) is 7.08. The largest absolute Gasteiger partial charge is 0.504 e. The van der Waals surface area contributed by atoms with Crippen molar-refractivity contribution in [3.8, 4) is 11.5 Å². The number of carbonyl (C=O) groups excluding carboxylic acids is 1. The van der Waals surface area contributed by atoms with Crippen molar-refractivity contribution in [1.29, 1.82) is 0 Å². The van der Waals surface area contributed by atoms with Crippen molar-refractivity contribution >= 4 is 5.78 Å². The molecule has 1 aromatic carbocycles. The Kier molecular flexibility index (Phi) is 3.28. The third-order valence-electron chi connectivity index (χ3n) is 8.79. The summed E-state index contributed by atoms with van der Waals surface area (Å²) in [6.07, 6.45) is 7.87. The zero-order chi connectivity index (χ0) is 19.4. The molecule has 154 valence electrons. The second-order valence-electron chi connectivity index (χ2n) is 10.4. The Balaban J connectivity index is 1.43. The number of ether oxygens (including phenoxy) is 2. The monoisotopic (exact) mass is 395 g/mol. The Labute approximate surface area is 171 Å². The minimum Gasteiger partial charge on any atom is -0.504 e. The fraction of sp³-hybridized carbons (Fsp3) is 0.708. The summed E-state index contributed by atoms with van der Waals surface area (Å²) in [7, 11) is 0. The second kappa shape index (κ2) is 5.55. The van der Waals surface area contributed by atoms with E-state index in [2.05, 4.69) is 11.0 Å². The van der Waals surface area contributed by atoms with Crippen LogP contribution in [0.3, 0.4) is 0 Å². The van der Waals surface area contributed by atoms with Gasteiger partial charge in [-0.25, -0.2) is 0 Å². The first-order valence-corrected chi connectivity index (χ1v) is 11.5. The van der Waals surface area contributed by atoms with Gasteiger partial charge in [0.05, 0.1) is 17.6 Å². The van der Waals surface area contributed by atoms with Crippen LogP contribution in [0.25, 0.3) is 0 Å². The van der Waals surface area contributed by atoms with E-state index in [0.717, 1.165) is 50.4 Å². The third kappa shape index (κ3) is 2.11. The van der Waals surface area contributed by atoms with Crippen LogP contribution in [-0.2, 0) is 21.4 Å². The number of rotatable bonds is 5. The van der Waals surface area contributed by atoms with Crippen LogP contribution < -0.4 is 4.74 Å². The molecule has 6 aliphatic rings. The zero-order valence-electron chi connectivity index (χ0n) is 16.9. The highest BCUT2D eigenvalue weighted by molar-refractivity contribution is 5.90. The van der Waals surface area contributed by atoms with E-state index in [1.165, 1.54) is 31.2 Å². The Morgan fingerprint density at radius 1 is 1.17 bits per heavy atom. The molecule has 2 aliphatic heterocycles. The molecule has 4 aliphatic carbocycles. The van der Waals surface area contributed by atoms with Crippen LogP contribution in [0.2, 0.25) is 0 Å². The van der Waals surface area contributed by atoms with E-state index < -0.39 is 11.5 Å². The van der Waals surface area contributed by atoms with Gasteiger partial charge in [0.2, 0.25) is 0 Å². The first-order chi connectivity index (χ1) is 14.1. The summed E-state index contributed by atoms with van der Waals surface area (Å²) in [5.41, 5.74) is 1.57. The Bertz CT molecular complexity index is 906. The van der Waals surface area contributed by atoms with Crippen molar-refractivity contribution < 1.29 is 19.4 Å². The summed E-state index contributed by atoms with van der Waals surface area (Å²) in [4.78, 5) is 15.8. The molecule has 0 radical (unpaired) electrons. The lowest BCUT2D eigenvalue weighted by atomic mass is 9.48. The lowest BCUT2D eigenvalue weighted by Crippen LogP contribution is -2.77. The third-order valence-corrected chi connectivity index (χ3v) is 8.79. The van der Waals surface area contributed by atoms with Gasteiger partial charge < -0.3 is 14.6 Å². The molecule has 2 bridgehead atoms. The van der Waals surface area contributed by atoms with Gasteiger partial charge in [-0.2, -0.15) is 0 Å². The quantitative estimate of drug-likeness (QED) is 0.831. The molecule has 4 fully saturated rings. The van der Waals surface area contributed by atoms with Crippen LogP contribution in [-0.4, -0.2) is 53.2 Å². The Morgan fingerprint density at radius 3 is 2.79 bits per heavy atom. The van der Waals surface area contributed by atoms with Gasteiger partial charge in [0.1, 0.15) is 0 Å². The molecule has 7 rings (SSSR count). The molecule has 1 spiro atoms. The molecule has 4 atom stereocenters. The number of Topliss-reactive ketones (excluding diaryl/α,β-unsaturated/α-hetero) is 1. The number of benzene rings is 1. The predicted molar refractivity (Wildman–Crippen MR) is 106 cm³/mol. The molecule has 5 heteroatoms. The molecule has 1 saturated heterocycles. The number of phenols is 1. The minimum absolute atomic E-state index is 0.176. The maximum atomic E-state index is 13.1. The Morgan fingerprint density at radius 2 is 2.00 bits per heavy atom. The normalized spacial score (nSPS) is 39.9. The van der Waals surface area contributed by atoms with Crippen LogP contribution in [0.1, 0.15) is 56.1 Å². The molecule has 0 aromatic heterocycles. The minimum atomic E-state index is -0.497. The smallest absolute Gasteiger partial charge is 0.174 e. The molecule has 0 unspecified atom stereocenters. The molecular formula is C24H29NO4. The van der Waals surface area contributed by atoms with Gasteiger partial charge in [0.15, 0.2) is 23.4 Å². The first kappa shape index (κ1) is 17.1. The number of carbonyl (C=O) groups is 1. The van der Waals surface area contributed by atoms with Crippen molar-refractivity contribution in [2.75, 3.05) is 19.7 Å². The molecule has 1 N–H and O–H groups in total. The highest BCUT2D eigenvalue weighted by Gasteiger charge is 2.74. The van der Waals surface area contributed by atoms with Crippen molar-refractivity contribution in [2.45, 2.75) is 74.5 Å². The van der Waals surface area contributed by atoms with E-state index in [9.17, 15) is 9.90 Å². The van der Waals surface area contributed by atoms with Gasteiger partial charge in [-0.05, 0) is 75.0 Å². The van der Waals surface area contributed by atoms with Crippen molar-refractivity contribution in [1.82, 2.24) is 4.90 Å². The molecule has 0 amide bonds. The number of nitrogens with zero attached hydrogens (tertiary/aromatic N) is 1. The topological polar surface area (TPSA) is 59.0 Å². The number of ketones is 1. The molecule has 29 heavy (non-hydrogen) atoms. The van der Waals surface area contributed by atoms with Crippen molar-refractivity contribution in [3.63, 3.8) is 0 Å². The summed E-state index contributed by atoms with van der Waals surface area (Å²) in [5, 5.41) is 10.6. The van der Waals surface area contributed by atoms with Crippen LogP contribution in [0.15, 0.2) is 12.1 Å². The number of aromatic hydroxyl groups is 1. The van der Waals surface area contributed by atoms with Crippen LogP contribution >= 0.6 is 0 Å². The molecule has 3 saturated carbocycles. The lowest BCUT2D eigenvalue weighted by Gasteiger charge is -2.64. The molecule has 2 heterocycles. The van der Waals surface area contributed by atoms with E-state index in [1.54, 1.807) is 6.07 Å². The molecule has 1 aromatic rings. The van der Waals surface area contributed by atoms with Gasteiger partial charge >= 0.3 is 0 Å². The standard InChI is InChI=1S/C24H29NO4/c26-17-6-5-16-11-19-24(28-13-15-3-4-15)8-7-18(27)22-23(24,20(16)21(17)29-22)9-10-25(19)12-14-1-2-14/h5-6,14-15,19,22,26H,1-4,7-13H2/t19-,22+,23+,24-/m1/s1. The molecular weight excluding hydrogens is 366 g/mol. The molecule has 5 nitrogen and oxygen atoms in total. The maximum absolute atomic E-state index is 13.1. The zero-order valence-corrected chi connectivity index (χ0v) is 16.9. The summed E-state index contributed by atoms with van der Waals surface area (Å²) >= 11 is 0.